The highest BCUT2D eigenvalue weighted by Crippen LogP contribution is 2.33. The monoisotopic (exact) mass is 310 g/mol. The van der Waals surface area contributed by atoms with E-state index in [0.717, 1.165) is 37.6 Å². The molecule has 0 unspecified atom stereocenters. The van der Waals surface area contributed by atoms with Crippen LogP contribution in [0.3, 0.4) is 0 Å². The highest BCUT2D eigenvalue weighted by atomic mass is 32.2. The summed E-state index contributed by atoms with van der Waals surface area (Å²) in [6.07, 6.45) is 5.95. The van der Waals surface area contributed by atoms with Gasteiger partial charge < -0.3 is 0 Å². The highest BCUT2D eigenvalue weighted by molar-refractivity contribution is 7.90. The van der Waals surface area contributed by atoms with Crippen molar-refractivity contribution in [2.24, 2.45) is 0 Å². The summed E-state index contributed by atoms with van der Waals surface area (Å²) in [4.78, 5) is 20.0. The van der Waals surface area contributed by atoms with E-state index in [0.29, 0.717) is 17.8 Å². The summed E-state index contributed by atoms with van der Waals surface area (Å²) in [5.41, 5.74) is 0.657. The molecule has 21 heavy (non-hydrogen) atoms. The van der Waals surface area contributed by atoms with Gasteiger partial charge in [-0.3, -0.25) is 14.6 Å². The molecule has 0 amide bonds. The van der Waals surface area contributed by atoms with E-state index in [1.54, 1.807) is 0 Å². The van der Waals surface area contributed by atoms with Crippen LogP contribution < -0.4 is 5.56 Å². The lowest BCUT2D eigenvalue weighted by atomic mass is 10.2. The molecule has 8 heteroatoms. The Kier molecular flexibility index (Phi) is 3.35. The summed E-state index contributed by atoms with van der Waals surface area (Å²) in [5.74, 6) is 0.416. The molecule has 1 aliphatic carbocycles. The Labute approximate surface area is 122 Å². The molecule has 2 aliphatic heterocycles. The number of rotatable bonds is 3. The molecule has 1 saturated carbocycles. The minimum absolute atomic E-state index is 0.245. The van der Waals surface area contributed by atoms with Crippen molar-refractivity contribution in [3.63, 3.8) is 0 Å². The van der Waals surface area contributed by atoms with Gasteiger partial charge in [0.25, 0.3) is 10.7 Å². The molecule has 1 fully saturated rings. The summed E-state index contributed by atoms with van der Waals surface area (Å²) in [6, 6.07) is 0.245. The van der Waals surface area contributed by atoms with Gasteiger partial charge in [-0.1, -0.05) is 19.8 Å². The fourth-order valence-electron chi connectivity index (χ4n) is 2.95. The first kappa shape index (κ1) is 14.2. The Morgan fingerprint density at radius 3 is 2.52 bits per heavy atom. The summed E-state index contributed by atoms with van der Waals surface area (Å²) in [6.45, 7) is 1.94. The molecule has 0 aromatic heterocycles. The third-order valence-electron chi connectivity index (χ3n) is 4.00. The molecule has 0 atom stereocenters. The van der Waals surface area contributed by atoms with Gasteiger partial charge in [0.15, 0.2) is 5.82 Å². The first-order valence-corrected chi connectivity index (χ1v) is 9.02. The highest BCUT2D eigenvalue weighted by Gasteiger charge is 2.29. The van der Waals surface area contributed by atoms with Crippen LogP contribution in [0.25, 0.3) is 11.4 Å². The number of sulfone groups is 1. The smallest absolute Gasteiger partial charge is 0.285 e. The Bertz CT molecular complexity index is 799. The largest absolute Gasteiger partial charge is 0.300 e. The second-order valence-electron chi connectivity index (χ2n) is 5.53. The van der Waals surface area contributed by atoms with Crippen molar-refractivity contribution >= 4 is 9.84 Å². The second kappa shape index (κ2) is 4.94. The first-order valence-electron chi connectivity index (χ1n) is 7.13. The van der Waals surface area contributed by atoms with E-state index in [9.17, 15) is 13.2 Å². The third-order valence-corrected chi connectivity index (χ3v) is 4.84. The molecule has 1 N–H and O–H groups in total. The van der Waals surface area contributed by atoms with Gasteiger partial charge in [0.1, 0.15) is 5.56 Å². The van der Waals surface area contributed by atoms with E-state index in [1.165, 1.54) is 0 Å². The molecule has 114 valence electrons. The van der Waals surface area contributed by atoms with Crippen molar-refractivity contribution in [3.8, 4) is 11.4 Å². The molecule has 0 aromatic carbocycles. The molecule has 7 nitrogen and oxygen atoms in total. The molecular formula is C13H18N4O3S. The van der Waals surface area contributed by atoms with Crippen molar-refractivity contribution in [2.75, 3.05) is 6.26 Å². The van der Waals surface area contributed by atoms with Gasteiger partial charge in [-0.2, -0.15) is 9.97 Å². The van der Waals surface area contributed by atoms with Crippen molar-refractivity contribution in [3.05, 3.63) is 16.0 Å². The van der Waals surface area contributed by atoms with Crippen molar-refractivity contribution in [1.29, 1.82) is 0 Å². The summed E-state index contributed by atoms with van der Waals surface area (Å²) in [7, 11) is -3.60. The van der Waals surface area contributed by atoms with Gasteiger partial charge in [0.05, 0.1) is 6.04 Å². The van der Waals surface area contributed by atoms with E-state index < -0.39 is 20.6 Å². The van der Waals surface area contributed by atoms with Crippen LogP contribution in [0, 0.1) is 0 Å². The summed E-state index contributed by atoms with van der Waals surface area (Å²) in [5, 5.41) is 2.83. The van der Waals surface area contributed by atoms with Gasteiger partial charge in [-0.25, -0.2) is 8.42 Å². The van der Waals surface area contributed by atoms with Crippen LogP contribution >= 0.6 is 0 Å². The minimum Gasteiger partial charge on any atom is -0.300 e. The molecule has 3 aliphatic rings. The molecule has 2 heterocycles. The van der Waals surface area contributed by atoms with Gasteiger partial charge in [-0.05, 0) is 19.3 Å². The van der Waals surface area contributed by atoms with E-state index in [1.807, 2.05) is 11.6 Å². The van der Waals surface area contributed by atoms with Crippen LogP contribution in [0.5, 0.6) is 0 Å². The zero-order valence-electron chi connectivity index (χ0n) is 12.1. The Morgan fingerprint density at radius 2 is 1.95 bits per heavy atom. The van der Waals surface area contributed by atoms with Crippen LogP contribution in [0.2, 0.25) is 0 Å². The lowest BCUT2D eigenvalue weighted by molar-refractivity contribution is 0.462. The van der Waals surface area contributed by atoms with E-state index >= 15 is 0 Å². The number of fused-ring (bicyclic) bond motifs is 1. The Hall–Kier alpha value is -1.70. The van der Waals surface area contributed by atoms with E-state index in [4.69, 9.17) is 0 Å². The lowest BCUT2D eigenvalue weighted by Crippen LogP contribution is -2.20. The normalized spacial score (nSPS) is 16.9. The Balaban J connectivity index is 2.28. The third kappa shape index (κ3) is 2.37. The van der Waals surface area contributed by atoms with Crippen molar-refractivity contribution in [1.82, 2.24) is 19.7 Å². The molecule has 0 radical (unpaired) electrons. The quantitative estimate of drug-likeness (QED) is 0.858. The van der Waals surface area contributed by atoms with Crippen molar-refractivity contribution < 1.29 is 8.42 Å². The standard InChI is InChI=1S/C13H18N4O3S/c1-3-9-10-11(17(16-9)8-6-4-5-7-8)14-13(15-12(10)18)21(2,19)20/h8,16H,3-7H2,1-2H3. The molecule has 0 saturated heterocycles. The average Bonchev–Trinajstić information content (AvgIpc) is 3.03. The summed E-state index contributed by atoms with van der Waals surface area (Å²) >= 11 is 0. The maximum Gasteiger partial charge on any atom is 0.285 e. The number of aromatic nitrogens is 4. The molecule has 3 rings (SSSR count). The molecule has 0 spiro atoms. The lowest BCUT2D eigenvalue weighted by Gasteiger charge is -2.13. The van der Waals surface area contributed by atoms with E-state index in [2.05, 4.69) is 15.1 Å². The zero-order valence-corrected chi connectivity index (χ0v) is 12.9. The van der Waals surface area contributed by atoms with Crippen LogP contribution in [0.15, 0.2) is 9.95 Å². The number of nitrogens with zero attached hydrogens (tertiary/aromatic N) is 3. The molecule has 0 aromatic rings. The van der Waals surface area contributed by atoms with Crippen LogP contribution in [0.4, 0.5) is 0 Å². The average molecular weight is 310 g/mol. The number of hydrogen-bond acceptors (Lipinski definition) is 5. The van der Waals surface area contributed by atoms with Crippen molar-refractivity contribution in [2.45, 2.75) is 50.2 Å². The van der Waals surface area contributed by atoms with E-state index in [-0.39, 0.29) is 6.04 Å². The first-order chi connectivity index (χ1) is 9.91. The molecular weight excluding hydrogens is 292 g/mol. The van der Waals surface area contributed by atoms with Crippen LogP contribution in [0.1, 0.15) is 44.3 Å². The number of aromatic amines is 1. The van der Waals surface area contributed by atoms with Crippen LogP contribution in [-0.4, -0.2) is 34.4 Å². The summed E-state index contributed by atoms with van der Waals surface area (Å²) < 4.78 is 25.2. The van der Waals surface area contributed by atoms with Gasteiger partial charge in [0.2, 0.25) is 9.84 Å². The Morgan fingerprint density at radius 1 is 1.29 bits per heavy atom. The fourth-order valence-corrected chi connectivity index (χ4v) is 3.45. The maximum absolute atomic E-state index is 12.2. The fraction of sp³-hybridized carbons (Fsp3) is 0.615. The number of H-pyrrole nitrogens is 1. The SMILES string of the molecule is CCc1[nH]n(C2CCCC2)c2nc(S(C)(=O)=O)nc(=O)c1-2. The predicted octanol–water partition coefficient (Wildman–Crippen LogP) is 1.15. The van der Waals surface area contributed by atoms with Gasteiger partial charge in [0, 0.05) is 11.9 Å². The second-order valence-corrected chi connectivity index (χ2v) is 7.44. The number of nitrogens with one attached hydrogen (secondary N) is 1. The zero-order chi connectivity index (χ0) is 15.2. The number of aryl methyl sites for hydroxylation is 1. The predicted molar refractivity (Wildman–Crippen MR) is 77.3 cm³/mol. The topological polar surface area (TPSA) is 97.7 Å². The minimum atomic E-state index is -3.60. The van der Waals surface area contributed by atoms with Gasteiger partial charge in [-0.15, -0.1) is 0 Å². The van der Waals surface area contributed by atoms with Gasteiger partial charge >= 0.3 is 0 Å². The molecule has 0 bridgehead atoms. The maximum atomic E-state index is 12.2. The number of hydrogen-bond donors (Lipinski definition) is 1. The van der Waals surface area contributed by atoms with Crippen LogP contribution in [-0.2, 0) is 16.3 Å².